The minimum atomic E-state index is -0.447. The van der Waals surface area contributed by atoms with E-state index in [0.717, 1.165) is 25.1 Å². The molecule has 2 rings (SSSR count). The second-order valence-corrected chi connectivity index (χ2v) is 4.96. The molecule has 2 aromatic rings. The number of esters is 1. The van der Waals surface area contributed by atoms with Crippen molar-refractivity contribution in [3.8, 4) is 0 Å². The molecule has 0 aliphatic carbocycles. The van der Waals surface area contributed by atoms with Crippen LogP contribution in [-0.2, 0) is 11.2 Å². The third-order valence-electron chi connectivity index (χ3n) is 3.38. The smallest absolute Gasteiger partial charge is 0.373 e. The van der Waals surface area contributed by atoms with Crippen LogP contribution in [0.2, 0.25) is 0 Å². The Bertz CT molecular complexity index is 562. The van der Waals surface area contributed by atoms with E-state index in [1.54, 1.807) is 12.1 Å². The average Bonchev–Trinajstić information content (AvgIpc) is 3.01. The topological polar surface area (TPSA) is 51.5 Å². The number of hydrogen-bond acceptors (Lipinski definition) is 4. The van der Waals surface area contributed by atoms with Crippen molar-refractivity contribution in [2.45, 2.75) is 25.8 Å². The van der Waals surface area contributed by atoms with Gasteiger partial charge in [-0.1, -0.05) is 30.3 Å². The summed E-state index contributed by atoms with van der Waals surface area (Å²) in [6.45, 7) is 2.91. The third-order valence-corrected chi connectivity index (χ3v) is 3.38. The highest BCUT2D eigenvalue weighted by Gasteiger charge is 2.14. The standard InChI is InChI=1S/C17H21NO3/c1-13(15-10-11-16(21-15)17(19)20-2)18-12-6-9-14-7-4-3-5-8-14/h3-5,7-8,10-11,13,18H,6,9,12H2,1-2H3. The number of benzene rings is 1. The highest BCUT2D eigenvalue weighted by molar-refractivity contribution is 5.86. The van der Waals surface area contributed by atoms with E-state index < -0.39 is 5.97 Å². The molecule has 0 aliphatic heterocycles. The molecule has 0 amide bonds. The Balaban J connectivity index is 1.75. The van der Waals surface area contributed by atoms with Crippen molar-refractivity contribution in [3.05, 3.63) is 59.5 Å². The second kappa shape index (κ2) is 7.64. The zero-order valence-corrected chi connectivity index (χ0v) is 12.5. The molecule has 4 heteroatoms. The van der Waals surface area contributed by atoms with E-state index in [-0.39, 0.29) is 11.8 Å². The molecular formula is C17H21NO3. The number of methoxy groups -OCH3 is 1. The Kier molecular flexibility index (Phi) is 5.58. The Morgan fingerprint density at radius 2 is 2.00 bits per heavy atom. The summed E-state index contributed by atoms with van der Waals surface area (Å²) in [5.74, 6) is 0.540. The highest BCUT2D eigenvalue weighted by Crippen LogP contribution is 2.16. The fourth-order valence-electron chi connectivity index (χ4n) is 2.15. The Morgan fingerprint density at radius 1 is 1.24 bits per heavy atom. The molecule has 0 saturated carbocycles. The molecule has 0 aliphatic rings. The maximum atomic E-state index is 11.3. The van der Waals surface area contributed by atoms with Gasteiger partial charge in [-0.2, -0.15) is 0 Å². The van der Waals surface area contributed by atoms with E-state index in [2.05, 4.69) is 34.3 Å². The normalized spacial score (nSPS) is 12.1. The molecule has 4 nitrogen and oxygen atoms in total. The number of rotatable bonds is 7. The predicted octanol–water partition coefficient (Wildman–Crippen LogP) is 3.35. The summed E-state index contributed by atoms with van der Waals surface area (Å²) >= 11 is 0. The molecule has 21 heavy (non-hydrogen) atoms. The maximum Gasteiger partial charge on any atom is 0.373 e. The van der Waals surface area contributed by atoms with Crippen LogP contribution in [0.5, 0.6) is 0 Å². The van der Waals surface area contributed by atoms with E-state index in [4.69, 9.17) is 4.42 Å². The van der Waals surface area contributed by atoms with Crippen molar-refractivity contribution in [1.82, 2.24) is 5.32 Å². The van der Waals surface area contributed by atoms with E-state index in [1.165, 1.54) is 12.7 Å². The molecule has 1 unspecified atom stereocenters. The highest BCUT2D eigenvalue weighted by atomic mass is 16.5. The monoisotopic (exact) mass is 287 g/mol. The number of carbonyl (C=O) groups excluding carboxylic acids is 1. The van der Waals surface area contributed by atoms with Gasteiger partial charge in [0.25, 0.3) is 0 Å². The van der Waals surface area contributed by atoms with Gasteiger partial charge in [-0.15, -0.1) is 0 Å². The van der Waals surface area contributed by atoms with Gasteiger partial charge in [-0.3, -0.25) is 0 Å². The molecule has 0 saturated heterocycles. The van der Waals surface area contributed by atoms with Crippen LogP contribution >= 0.6 is 0 Å². The number of ether oxygens (including phenoxy) is 1. The lowest BCUT2D eigenvalue weighted by Gasteiger charge is -2.11. The summed E-state index contributed by atoms with van der Waals surface area (Å²) in [5.41, 5.74) is 1.35. The number of carbonyl (C=O) groups is 1. The van der Waals surface area contributed by atoms with Gasteiger partial charge in [0.05, 0.1) is 13.2 Å². The summed E-state index contributed by atoms with van der Waals surface area (Å²) < 4.78 is 10.1. The van der Waals surface area contributed by atoms with Gasteiger partial charge < -0.3 is 14.5 Å². The zero-order valence-electron chi connectivity index (χ0n) is 12.5. The van der Waals surface area contributed by atoms with Gasteiger partial charge in [0.15, 0.2) is 0 Å². The Hall–Kier alpha value is -2.07. The fourth-order valence-corrected chi connectivity index (χ4v) is 2.15. The Morgan fingerprint density at radius 3 is 2.71 bits per heavy atom. The molecule has 1 heterocycles. The molecule has 1 atom stereocenters. The summed E-state index contributed by atoms with van der Waals surface area (Å²) in [5, 5.41) is 3.39. The molecule has 112 valence electrons. The van der Waals surface area contributed by atoms with Crippen LogP contribution in [0.15, 0.2) is 46.9 Å². The summed E-state index contributed by atoms with van der Waals surface area (Å²) in [7, 11) is 1.34. The molecule has 1 aromatic carbocycles. The molecule has 0 radical (unpaired) electrons. The van der Waals surface area contributed by atoms with E-state index in [0.29, 0.717) is 0 Å². The van der Waals surface area contributed by atoms with Gasteiger partial charge in [-0.05, 0) is 44.0 Å². The van der Waals surface area contributed by atoms with Crippen molar-refractivity contribution in [2.24, 2.45) is 0 Å². The number of aryl methyl sites for hydroxylation is 1. The minimum absolute atomic E-state index is 0.0687. The van der Waals surface area contributed by atoms with E-state index in [1.807, 2.05) is 13.0 Å². The van der Waals surface area contributed by atoms with Crippen LogP contribution in [0.25, 0.3) is 0 Å². The van der Waals surface area contributed by atoms with Crippen molar-refractivity contribution in [3.63, 3.8) is 0 Å². The molecule has 1 N–H and O–H groups in total. The van der Waals surface area contributed by atoms with Crippen LogP contribution in [0, 0.1) is 0 Å². The lowest BCUT2D eigenvalue weighted by molar-refractivity contribution is 0.0562. The van der Waals surface area contributed by atoms with Gasteiger partial charge in [0, 0.05) is 0 Å². The van der Waals surface area contributed by atoms with Crippen LogP contribution < -0.4 is 5.32 Å². The minimum Gasteiger partial charge on any atom is -0.463 e. The molecular weight excluding hydrogens is 266 g/mol. The first-order valence-corrected chi connectivity index (χ1v) is 7.16. The van der Waals surface area contributed by atoms with Crippen LogP contribution in [0.4, 0.5) is 0 Å². The molecule has 0 fully saturated rings. The third kappa shape index (κ3) is 4.46. The maximum absolute atomic E-state index is 11.3. The van der Waals surface area contributed by atoms with E-state index in [9.17, 15) is 4.79 Å². The Labute approximate surface area is 125 Å². The van der Waals surface area contributed by atoms with Crippen LogP contribution in [0.3, 0.4) is 0 Å². The quantitative estimate of drug-likeness (QED) is 0.627. The van der Waals surface area contributed by atoms with Gasteiger partial charge in [0.2, 0.25) is 5.76 Å². The van der Waals surface area contributed by atoms with Gasteiger partial charge >= 0.3 is 5.97 Å². The van der Waals surface area contributed by atoms with Crippen molar-refractivity contribution >= 4 is 5.97 Å². The first-order chi connectivity index (χ1) is 10.2. The number of hydrogen-bond donors (Lipinski definition) is 1. The molecule has 0 spiro atoms. The van der Waals surface area contributed by atoms with Crippen molar-refractivity contribution in [1.29, 1.82) is 0 Å². The van der Waals surface area contributed by atoms with Crippen molar-refractivity contribution in [2.75, 3.05) is 13.7 Å². The summed E-state index contributed by atoms with van der Waals surface area (Å²) in [6.07, 6.45) is 2.10. The van der Waals surface area contributed by atoms with Crippen LogP contribution in [-0.4, -0.2) is 19.6 Å². The second-order valence-electron chi connectivity index (χ2n) is 4.96. The number of furan rings is 1. The number of nitrogens with one attached hydrogen (secondary N) is 1. The SMILES string of the molecule is COC(=O)c1ccc(C(C)NCCCc2ccccc2)o1. The summed E-state index contributed by atoms with van der Waals surface area (Å²) in [6, 6.07) is 13.9. The molecule has 0 bridgehead atoms. The average molecular weight is 287 g/mol. The van der Waals surface area contributed by atoms with Gasteiger partial charge in [-0.25, -0.2) is 4.79 Å². The first-order valence-electron chi connectivity index (χ1n) is 7.16. The van der Waals surface area contributed by atoms with Gasteiger partial charge in [0.1, 0.15) is 5.76 Å². The zero-order chi connectivity index (χ0) is 15.1. The summed E-state index contributed by atoms with van der Waals surface area (Å²) in [4.78, 5) is 11.3. The lowest BCUT2D eigenvalue weighted by atomic mass is 10.1. The fraction of sp³-hybridized carbons (Fsp3) is 0.353. The van der Waals surface area contributed by atoms with Crippen molar-refractivity contribution < 1.29 is 13.9 Å². The molecule has 1 aromatic heterocycles. The first kappa shape index (κ1) is 15.3. The largest absolute Gasteiger partial charge is 0.463 e. The predicted molar refractivity (Wildman–Crippen MR) is 81.2 cm³/mol. The van der Waals surface area contributed by atoms with E-state index >= 15 is 0 Å². The van der Waals surface area contributed by atoms with Crippen LogP contribution in [0.1, 0.15) is 41.3 Å². The lowest BCUT2D eigenvalue weighted by Crippen LogP contribution is -2.19.